The Morgan fingerprint density at radius 2 is 2.16 bits per heavy atom. The van der Waals surface area contributed by atoms with E-state index in [-0.39, 0.29) is 12.6 Å². The molecule has 0 saturated carbocycles. The molecule has 0 bridgehead atoms. The molecule has 1 unspecified atom stereocenters. The van der Waals surface area contributed by atoms with Gasteiger partial charge in [-0.3, -0.25) is 0 Å². The van der Waals surface area contributed by atoms with Gasteiger partial charge in [0.05, 0.1) is 13.5 Å². The van der Waals surface area contributed by atoms with Gasteiger partial charge in [-0.1, -0.05) is 6.07 Å². The standard InChI is InChI=1S/C14H18F3NO/c1-19-11-5-6-12-10(9-11)3-2-4-13(12)18-8-7-14(15,16)17/h5-6,9,13,18H,2-4,7-8H2,1H3. The van der Waals surface area contributed by atoms with E-state index in [1.165, 1.54) is 5.56 Å². The van der Waals surface area contributed by atoms with Gasteiger partial charge in [-0.2, -0.15) is 13.2 Å². The molecule has 0 radical (unpaired) electrons. The number of ether oxygens (including phenoxy) is 1. The molecule has 19 heavy (non-hydrogen) atoms. The molecule has 106 valence electrons. The van der Waals surface area contributed by atoms with E-state index in [0.29, 0.717) is 0 Å². The monoisotopic (exact) mass is 273 g/mol. The summed E-state index contributed by atoms with van der Waals surface area (Å²) >= 11 is 0. The van der Waals surface area contributed by atoms with Gasteiger partial charge < -0.3 is 10.1 Å². The Morgan fingerprint density at radius 1 is 1.37 bits per heavy atom. The number of alkyl halides is 3. The van der Waals surface area contributed by atoms with Crippen LogP contribution in [0.1, 0.15) is 36.4 Å². The minimum absolute atomic E-state index is 0.0250. The SMILES string of the molecule is COc1ccc2c(c1)CCCC2NCCC(F)(F)F. The maximum Gasteiger partial charge on any atom is 0.390 e. The third-order valence-corrected chi connectivity index (χ3v) is 3.46. The molecule has 0 heterocycles. The Kier molecular flexibility index (Phi) is 4.34. The Hall–Kier alpha value is -1.23. The zero-order valence-electron chi connectivity index (χ0n) is 10.9. The molecule has 0 aromatic heterocycles. The molecular formula is C14H18F3NO. The molecule has 0 spiro atoms. The summed E-state index contributed by atoms with van der Waals surface area (Å²) in [6, 6.07) is 5.82. The summed E-state index contributed by atoms with van der Waals surface area (Å²) in [5.41, 5.74) is 2.28. The highest BCUT2D eigenvalue weighted by atomic mass is 19.4. The number of methoxy groups -OCH3 is 1. The Labute approximate surface area is 111 Å². The highest BCUT2D eigenvalue weighted by molar-refractivity contribution is 5.39. The molecule has 1 atom stereocenters. The molecule has 0 amide bonds. The molecular weight excluding hydrogens is 255 g/mol. The number of hydrogen-bond donors (Lipinski definition) is 1. The van der Waals surface area contributed by atoms with Crippen molar-refractivity contribution in [2.24, 2.45) is 0 Å². The third-order valence-electron chi connectivity index (χ3n) is 3.46. The molecule has 0 aliphatic heterocycles. The molecule has 2 rings (SSSR count). The number of rotatable bonds is 4. The van der Waals surface area contributed by atoms with E-state index in [4.69, 9.17) is 4.74 Å². The van der Waals surface area contributed by atoms with Crippen molar-refractivity contribution < 1.29 is 17.9 Å². The van der Waals surface area contributed by atoms with Crippen molar-refractivity contribution in [3.05, 3.63) is 29.3 Å². The number of benzene rings is 1. The maximum absolute atomic E-state index is 12.1. The van der Waals surface area contributed by atoms with Gasteiger partial charge in [-0.15, -0.1) is 0 Å². The quantitative estimate of drug-likeness (QED) is 0.904. The summed E-state index contributed by atoms with van der Waals surface area (Å²) in [5, 5.41) is 3.01. The Bertz CT molecular complexity index is 431. The van der Waals surface area contributed by atoms with Crippen molar-refractivity contribution in [1.29, 1.82) is 0 Å². The van der Waals surface area contributed by atoms with Crippen LogP contribution in [0.5, 0.6) is 5.75 Å². The van der Waals surface area contributed by atoms with Crippen LogP contribution in [0.2, 0.25) is 0 Å². The highest BCUT2D eigenvalue weighted by Gasteiger charge is 2.27. The zero-order valence-corrected chi connectivity index (χ0v) is 10.9. The van der Waals surface area contributed by atoms with Crippen LogP contribution in [-0.2, 0) is 6.42 Å². The second-order valence-electron chi connectivity index (χ2n) is 4.83. The first-order valence-corrected chi connectivity index (χ1v) is 6.46. The lowest BCUT2D eigenvalue weighted by atomic mass is 9.87. The molecule has 1 aromatic rings. The van der Waals surface area contributed by atoms with Crippen molar-refractivity contribution in [2.75, 3.05) is 13.7 Å². The second-order valence-corrected chi connectivity index (χ2v) is 4.83. The maximum atomic E-state index is 12.1. The molecule has 1 aliphatic rings. The van der Waals surface area contributed by atoms with E-state index >= 15 is 0 Å². The van der Waals surface area contributed by atoms with Crippen LogP contribution in [0.4, 0.5) is 13.2 Å². The van der Waals surface area contributed by atoms with Crippen molar-refractivity contribution in [3.8, 4) is 5.75 Å². The van der Waals surface area contributed by atoms with Gasteiger partial charge in [0, 0.05) is 12.6 Å². The van der Waals surface area contributed by atoms with E-state index in [1.807, 2.05) is 18.2 Å². The van der Waals surface area contributed by atoms with Crippen molar-refractivity contribution >= 4 is 0 Å². The van der Waals surface area contributed by atoms with Crippen LogP contribution in [0.3, 0.4) is 0 Å². The van der Waals surface area contributed by atoms with E-state index in [0.717, 1.165) is 30.6 Å². The lowest BCUT2D eigenvalue weighted by Gasteiger charge is -2.27. The normalized spacial score (nSPS) is 19.1. The van der Waals surface area contributed by atoms with Gasteiger partial charge in [-0.05, 0) is 42.5 Å². The fraction of sp³-hybridized carbons (Fsp3) is 0.571. The first-order chi connectivity index (χ1) is 8.99. The number of halogens is 3. The van der Waals surface area contributed by atoms with Gasteiger partial charge in [0.2, 0.25) is 0 Å². The smallest absolute Gasteiger partial charge is 0.390 e. The summed E-state index contributed by atoms with van der Waals surface area (Å²) < 4.78 is 41.6. The number of nitrogens with one attached hydrogen (secondary N) is 1. The fourth-order valence-corrected chi connectivity index (χ4v) is 2.52. The summed E-state index contributed by atoms with van der Waals surface area (Å²) in [5.74, 6) is 0.801. The summed E-state index contributed by atoms with van der Waals surface area (Å²) in [7, 11) is 1.61. The molecule has 5 heteroatoms. The molecule has 1 N–H and O–H groups in total. The van der Waals surface area contributed by atoms with Gasteiger partial charge in [0.25, 0.3) is 0 Å². The van der Waals surface area contributed by atoms with Crippen LogP contribution in [0.15, 0.2) is 18.2 Å². The predicted octanol–water partition coefficient (Wildman–Crippen LogP) is 3.61. The number of hydrogen-bond acceptors (Lipinski definition) is 2. The summed E-state index contributed by atoms with van der Waals surface area (Å²) in [4.78, 5) is 0. The van der Waals surface area contributed by atoms with Gasteiger partial charge >= 0.3 is 6.18 Å². The topological polar surface area (TPSA) is 21.3 Å². The first-order valence-electron chi connectivity index (χ1n) is 6.46. The van der Waals surface area contributed by atoms with E-state index in [2.05, 4.69) is 5.32 Å². The first kappa shape index (κ1) is 14.2. The van der Waals surface area contributed by atoms with E-state index < -0.39 is 12.6 Å². The van der Waals surface area contributed by atoms with Crippen LogP contribution < -0.4 is 10.1 Å². The second kappa shape index (κ2) is 5.82. The highest BCUT2D eigenvalue weighted by Crippen LogP contribution is 2.32. The van der Waals surface area contributed by atoms with Gasteiger partial charge in [-0.25, -0.2) is 0 Å². The largest absolute Gasteiger partial charge is 0.497 e. The molecule has 2 nitrogen and oxygen atoms in total. The lowest BCUT2D eigenvalue weighted by molar-refractivity contribution is -0.133. The Morgan fingerprint density at radius 3 is 2.84 bits per heavy atom. The van der Waals surface area contributed by atoms with Crippen LogP contribution in [-0.4, -0.2) is 19.8 Å². The average molecular weight is 273 g/mol. The lowest BCUT2D eigenvalue weighted by Crippen LogP contribution is -2.28. The molecule has 0 saturated heterocycles. The van der Waals surface area contributed by atoms with Gasteiger partial charge in [0.15, 0.2) is 0 Å². The fourth-order valence-electron chi connectivity index (χ4n) is 2.52. The van der Waals surface area contributed by atoms with Crippen molar-refractivity contribution in [3.63, 3.8) is 0 Å². The summed E-state index contributed by atoms with van der Waals surface area (Å²) in [6.07, 6.45) is -2.04. The minimum atomic E-state index is -4.09. The molecule has 0 fully saturated rings. The van der Waals surface area contributed by atoms with Crippen LogP contribution >= 0.6 is 0 Å². The average Bonchev–Trinajstić information content (AvgIpc) is 2.37. The predicted molar refractivity (Wildman–Crippen MR) is 67.3 cm³/mol. The van der Waals surface area contributed by atoms with E-state index in [9.17, 15) is 13.2 Å². The van der Waals surface area contributed by atoms with Crippen LogP contribution in [0.25, 0.3) is 0 Å². The zero-order chi connectivity index (χ0) is 13.9. The Balaban J connectivity index is 2.01. The van der Waals surface area contributed by atoms with Crippen molar-refractivity contribution in [1.82, 2.24) is 5.32 Å². The number of fused-ring (bicyclic) bond motifs is 1. The third kappa shape index (κ3) is 3.86. The minimum Gasteiger partial charge on any atom is -0.497 e. The number of aryl methyl sites for hydroxylation is 1. The molecule has 1 aliphatic carbocycles. The van der Waals surface area contributed by atoms with Crippen molar-refractivity contribution in [2.45, 2.75) is 37.9 Å². The van der Waals surface area contributed by atoms with Crippen LogP contribution in [0, 0.1) is 0 Å². The summed E-state index contributed by atoms with van der Waals surface area (Å²) in [6.45, 7) is -0.0281. The van der Waals surface area contributed by atoms with E-state index in [1.54, 1.807) is 7.11 Å². The van der Waals surface area contributed by atoms with Gasteiger partial charge in [0.1, 0.15) is 5.75 Å². The molecule has 1 aromatic carbocycles.